The lowest BCUT2D eigenvalue weighted by Gasteiger charge is -2.39. The highest BCUT2D eigenvalue weighted by Crippen LogP contribution is 2.46. The number of hydrogen-bond donors (Lipinski definition) is 2. The number of rotatable bonds is 7. The first-order chi connectivity index (χ1) is 17.4. The molecule has 0 bridgehead atoms. The lowest BCUT2D eigenvalue weighted by Crippen LogP contribution is -2.39. The SMILES string of the molecule is CN(C)CC[C@@](O)(c1cccc2ccccc12)[C@H](c1ccccc1)c1cc2cc(Br)ccc2[nH]c1=O. The molecule has 4 nitrogen and oxygen atoms in total. The molecule has 2 atom stereocenters. The van der Waals surface area contributed by atoms with Crippen molar-refractivity contribution in [1.29, 1.82) is 0 Å². The van der Waals surface area contributed by atoms with Crippen molar-refractivity contribution in [3.63, 3.8) is 0 Å². The molecule has 0 amide bonds. The molecule has 0 aliphatic heterocycles. The normalized spacial score (nSPS) is 14.2. The zero-order valence-electron chi connectivity index (χ0n) is 20.4. The highest BCUT2D eigenvalue weighted by Gasteiger charge is 2.42. The molecule has 182 valence electrons. The van der Waals surface area contributed by atoms with Crippen molar-refractivity contribution in [2.45, 2.75) is 17.9 Å². The van der Waals surface area contributed by atoms with Gasteiger partial charge in [0.15, 0.2) is 0 Å². The van der Waals surface area contributed by atoms with Crippen LogP contribution in [0.5, 0.6) is 0 Å². The Labute approximate surface area is 219 Å². The highest BCUT2D eigenvalue weighted by molar-refractivity contribution is 9.10. The first-order valence-corrected chi connectivity index (χ1v) is 12.9. The van der Waals surface area contributed by atoms with Gasteiger partial charge in [0, 0.05) is 28.0 Å². The Morgan fingerprint density at radius 2 is 1.61 bits per heavy atom. The molecule has 2 N–H and O–H groups in total. The molecule has 0 unspecified atom stereocenters. The third-order valence-electron chi connectivity index (χ3n) is 6.95. The summed E-state index contributed by atoms with van der Waals surface area (Å²) in [6.45, 7) is 0.653. The molecule has 5 aromatic rings. The van der Waals surface area contributed by atoms with Crippen LogP contribution in [0.4, 0.5) is 0 Å². The van der Waals surface area contributed by atoms with Crippen molar-refractivity contribution < 1.29 is 5.11 Å². The van der Waals surface area contributed by atoms with E-state index in [1.807, 2.05) is 93.0 Å². The fourth-order valence-electron chi connectivity index (χ4n) is 5.20. The van der Waals surface area contributed by atoms with Crippen molar-refractivity contribution in [1.82, 2.24) is 9.88 Å². The molecule has 0 saturated carbocycles. The Bertz CT molecular complexity index is 1570. The fraction of sp³-hybridized carbons (Fsp3) is 0.194. The van der Waals surface area contributed by atoms with Crippen LogP contribution in [-0.2, 0) is 5.60 Å². The molecule has 4 aromatic carbocycles. The maximum absolute atomic E-state index is 13.6. The number of aromatic nitrogens is 1. The van der Waals surface area contributed by atoms with E-state index in [-0.39, 0.29) is 5.56 Å². The number of halogens is 1. The highest BCUT2D eigenvalue weighted by atomic mass is 79.9. The first kappa shape index (κ1) is 24.4. The van der Waals surface area contributed by atoms with Gasteiger partial charge in [-0.1, -0.05) is 88.7 Å². The number of hydrogen-bond acceptors (Lipinski definition) is 3. The number of nitrogens with zero attached hydrogens (tertiary/aromatic N) is 1. The Balaban J connectivity index is 1.83. The van der Waals surface area contributed by atoms with Crippen LogP contribution < -0.4 is 5.56 Å². The number of fused-ring (bicyclic) bond motifs is 2. The van der Waals surface area contributed by atoms with Crippen LogP contribution in [-0.4, -0.2) is 35.6 Å². The van der Waals surface area contributed by atoms with Crippen molar-refractivity contribution >= 4 is 37.6 Å². The van der Waals surface area contributed by atoms with Crippen LogP contribution in [0.15, 0.2) is 106 Å². The lowest BCUT2D eigenvalue weighted by molar-refractivity contribution is 0.00556. The van der Waals surface area contributed by atoms with E-state index in [4.69, 9.17) is 0 Å². The van der Waals surface area contributed by atoms with Crippen LogP contribution in [0.25, 0.3) is 21.7 Å². The maximum Gasteiger partial charge on any atom is 0.252 e. The van der Waals surface area contributed by atoms with E-state index in [2.05, 4.69) is 44.0 Å². The Morgan fingerprint density at radius 3 is 2.39 bits per heavy atom. The molecule has 1 heterocycles. The third-order valence-corrected chi connectivity index (χ3v) is 7.45. The van der Waals surface area contributed by atoms with Gasteiger partial charge in [0.05, 0.1) is 0 Å². The summed E-state index contributed by atoms with van der Waals surface area (Å²) in [6, 6.07) is 31.8. The lowest BCUT2D eigenvalue weighted by atomic mass is 9.70. The van der Waals surface area contributed by atoms with Gasteiger partial charge in [-0.05, 0) is 72.1 Å². The smallest absolute Gasteiger partial charge is 0.252 e. The summed E-state index contributed by atoms with van der Waals surface area (Å²) in [5.74, 6) is -0.586. The fourth-order valence-corrected chi connectivity index (χ4v) is 5.58. The Hall–Kier alpha value is -3.25. The average Bonchev–Trinajstić information content (AvgIpc) is 2.88. The van der Waals surface area contributed by atoms with Gasteiger partial charge in [-0.15, -0.1) is 0 Å². The monoisotopic (exact) mass is 540 g/mol. The second-order valence-corrected chi connectivity index (χ2v) is 10.5. The minimum absolute atomic E-state index is 0.192. The van der Waals surface area contributed by atoms with Crippen molar-refractivity contribution in [3.8, 4) is 0 Å². The molecular weight excluding hydrogens is 512 g/mol. The molecule has 0 spiro atoms. The van der Waals surface area contributed by atoms with Gasteiger partial charge in [-0.3, -0.25) is 4.79 Å². The predicted octanol–water partition coefficient (Wildman–Crippen LogP) is 6.42. The standard InChI is InChI=1S/C31H29BrN2O2/c1-34(2)18-17-31(36,27-14-8-12-21-9-6-7-13-25(21)27)29(22-10-4-3-5-11-22)26-20-23-19-24(32)15-16-28(23)33-30(26)35/h3-16,19-20,29,36H,17-18H2,1-2H3,(H,33,35)/t29-,31-/m1/s1. The topological polar surface area (TPSA) is 56.3 Å². The van der Waals surface area contributed by atoms with Gasteiger partial charge in [-0.2, -0.15) is 0 Å². The molecular formula is C31H29BrN2O2. The van der Waals surface area contributed by atoms with E-state index in [0.717, 1.165) is 37.3 Å². The molecule has 0 saturated heterocycles. The molecule has 5 rings (SSSR count). The second-order valence-electron chi connectivity index (χ2n) is 9.63. The van der Waals surface area contributed by atoms with Gasteiger partial charge in [-0.25, -0.2) is 0 Å². The van der Waals surface area contributed by atoms with Gasteiger partial charge >= 0.3 is 0 Å². The first-order valence-electron chi connectivity index (χ1n) is 12.1. The van der Waals surface area contributed by atoms with E-state index >= 15 is 0 Å². The number of aromatic amines is 1. The summed E-state index contributed by atoms with van der Waals surface area (Å²) in [5, 5.41) is 15.8. The number of H-pyrrole nitrogens is 1. The predicted molar refractivity (Wildman–Crippen MR) is 152 cm³/mol. The molecule has 0 aliphatic carbocycles. The third kappa shape index (κ3) is 4.62. The van der Waals surface area contributed by atoms with Crippen LogP contribution in [0.1, 0.15) is 29.0 Å². The molecule has 5 heteroatoms. The minimum atomic E-state index is -1.35. The summed E-state index contributed by atoms with van der Waals surface area (Å²) in [7, 11) is 4.00. The summed E-state index contributed by atoms with van der Waals surface area (Å²) >= 11 is 3.55. The van der Waals surface area contributed by atoms with Crippen molar-refractivity contribution in [2.75, 3.05) is 20.6 Å². The van der Waals surface area contributed by atoms with Crippen LogP contribution >= 0.6 is 15.9 Å². The maximum atomic E-state index is 13.6. The molecule has 1 aromatic heterocycles. The van der Waals surface area contributed by atoms with Gasteiger partial charge in [0.25, 0.3) is 5.56 Å². The van der Waals surface area contributed by atoms with E-state index in [9.17, 15) is 9.90 Å². The Kier molecular flexibility index (Phi) is 6.80. The summed E-state index contributed by atoms with van der Waals surface area (Å²) in [4.78, 5) is 18.8. The quantitative estimate of drug-likeness (QED) is 0.250. The van der Waals surface area contributed by atoms with Crippen LogP contribution in [0.2, 0.25) is 0 Å². The van der Waals surface area contributed by atoms with Crippen molar-refractivity contribution in [3.05, 3.63) is 129 Å². The molecule has 0 aliphatic rings. The molecule has 36 heavy (non-hydrogen) atoms. The summed E-state index contributed by atoms with van der Waals surface area (Å²) in [5.41, 5.74) is 1.49. The van der Waals surface area contributed by atoms with E-state index < -0.39 is 11.5 Å². The van der Waals surface area contributed by atoms with Gasteiger partial charge in [0.2, 0.25) is 0 Å². The number of aliphatic hydroxyl groups is 1. The Morgan fingerprint density at radius 1 is 0.889 bits per heavy atom. The number of benzene rings is 4. The van der Waals surface area contributed by atoms with Crippen LogP contribution in [0, 0.1) is 0 Å². The summed E-state index contributed by atoms with van der Waals surface area (Å²) in [6.07, 6.45) is 0.448. The number of pyridine rings is 1. The van der Waals surface area contributed by atoms with E-state index in [1.54, 1.807) is 0 Å². The van der Waals surface area contributed by atoms with Crippen LogP contribution in [0.3, 0.4) is 0 Å². The average molecular weight is 541 g/mol. The van der Waals surface area contributed by atoms with Gasteiger partial charge in [0.1, 0.15) is 5.60 Å². The van der Waals surface area contributed by atoms with E-state index in [0.29, 0.717) is 18.5 Å². The van der Waals surface area contributed by atoms with E-state index in [1.165, 1.54) is 0 Å². The van der Waals surface area contributed by atoms with Gasteiger partial charge < -0.3 is 15.0 Å². The minimum Gasteiger partial charge on any atom is -0.384 e. The largest absolute Gasteiger partial charge is 0.384 e. The second kappa shape index (κ2) is 10.0. The van der Waals surface area contributed by atoms with Crippen molar-refractivity contribution in [2.24, 2.45) is 0 Å². The number of nitrogens with one attached hydrogen (secondary N) is 1. The molecule has 0 radical (unpaired) electrons. The summed E-state index contributed by atoms with van der Waals surface area (Å²) < 4.78 is 0.932. The zero-order chi connectivity index (χ0) is 25.3. The zero-order valence-corrected chi connectivity index (χ0v) is 22.0. The molecule has 0 fully saturated rings.